The maximum absolute atomic E-state index is 12.2. The van der Waals surface area contributed by atoms with Gasteiger partial charge in [0.05, 0.1) is 12.0 Å². The molecule has 0 unspecified atom stereocenters. The number of carbonyl (C=O) groups is 1. The topological polar surface area (TPSA) is 65.5 Å². The lowest BCUT2D eigenvalue weighted by Crippen LogP contribution is -2.35. The number of carbonyl (C=O) groups excluding carboxylic acids is 1. The van der Waals surface area contributed by atoms with Gasteiger partial charge in [-0.05, 0) is 38.2 Å². The SMILES string of the molecule is O=C(CC1(O)CCCC1)NCc1cccnc1N1CCCCC1. The molecule has 0 spiro atoms. The molecule has 1 saturated heterocycles. The van der Waals surface area contributed by atoms with Crippen molar-refractivity contribution >= 4 is 11.7 Å². The van der Waals surface area contributed by atoms with E-state index < -0.39 is 5.60 Å². The maximum Gasteiger partial charge on any atom is 0.223 e. The van der Waals surface area contributed by atoms with Gasteiger partial charge in [-0.2, -0.15) is 0 Å². The molecular weight excluding hydrogens is 290 g/mol. The molecule has 5 nitrogen and oxygen atoms in total. The summed E-state index contributed by atoms with van der Waals surface area (Å²) < 4.78 is 0. The minimum atomic E-state index is -0.783. The molecule has 5 heteroatoms. The van der Waals surface area contributed by atoms with E-state index in [4.69, 9.17) is 0 Å². The molecular formula is C18H27N3O2. The lowest BCUT2D eigenvalue weighted by atomic mass is 9.97. The van der Waals surface area contributed by atoms with Gasteiger partial charge >= 0.3 is 0 Å². The lowest BCUT2D eigenvalue weighted by molar-refractivity contribution is -0.126. The molecule has 1 amide bonds. The molecule has 2 aliphatic rings. The number of nitrogens with zero attached hydrogens (tertiary/aromatic N) is 2. The number of aliphatic hydroxyl groups is 1. The van der Waals surface area contributed by atoms with Crippen LogP contribution in [-0.2, 0) is 11.3 Å². The largest absolute Gasteiger partial charge is 0.389 e. The quantitative estimate of drug-likeness (QED) is 0.875. The van der Waals surface area contributed by atoms with Gasteiger partial charge in [0, 0.05) is 31.4 Å². The molecule has 2 N–H and O–H groups in total. The number of hydrogen-bond donors (Lipinski definition) is 2. The van der Waals surface area contributed by atoms with Gasteiger partial charge in [-0.1, -0.05) is 18.9 Å². The van der Waals surface area contributed by atoms with Gasteiger partial charge in [-0.15, -0.1) is 0 Å². The first-order chi connectivity index (χ1) is 11.2. The normalized spacial score (nSPS) is 20.5. The molecule has 0 atom stereocenters. The highest BCUT2D eigenvalue weighted by molar-refractivity contribution is 5.77. The Kier molecular flexibility index (Phi) is 5.16. The zero-order chi connectivity index (χ0) is 16.1. The predicted octanol–water partition coefficient (Wildman–Crippen LogP) is 2.38. The first-order valence-electron chi connectivity index (χ1n) is 8.84. The van der Waals surface area contributed by atoms with E-state index in [0.717, 1.165) is 50.2 Å². The number of pyridine rings is 1. The van der Waals surface area contributed by atoms with Crippen molar-refractivity contribution in [2.75, 3.05) is 18.0 Å². The van der Waals surface area contributed by atoms with Crippen molar-refractivity contribution in [3.63, 3.8) is 0 Å². The van der Waals surface area contributed by atoms with Crippen molar-refractivity contribution in [3.05, 3.63) is 23.9 Å². The zero-order valence-corrected chi connectivity index (χ0v) is 13.8. The van der Waals surface area contributed by atoms with Crippen molar-refractivity contribution < 1.29 is 9.90 Å². The number of hydrogen-bond acceptors (Lipinski definition) is 4. The molecule has 0 aromatic carbocycles. The fourth-order valence-corrected chi connectivity index (χ4v) is 3.72. The van der Waals surface area contributed by atoms with Crippen molar-refractivity contribution in [2.24, 2.45) is 0 Å². The summed E-state index contributed by atoms with van der Waals surface area (Å²) in [7, 11) is 0. The van der Waals surface area contributed by atoms with Crippen molar-refractivity contribution in [3.8, 4) is 0 Å². The smallest absolute Gasteiger partial charge is 0.223 e. The summed E-state index contributed by atoms with van der Waals surface area (Å²) in [6.07, 6.45) is 9.25. The van der Waals surface area contributed by atoms with Gasteiger partial charge in [-0.25, -0.2) is 4.98 Å². The third kappa shape index (κ3) is 4.22. The van der Waals surface area contributed by atoms with Crippen LogP contribution in [0.3, 0.4) is 0 Å². The van der Waals surface area contributed by atoms with Crippen LogP contribution in [0.1, 0.15) is 56.9 Å². The first-order valence-corrected chi connectivity index (χ1v) is 8.84. The molecule has 2 heterocycles. The number of piperidine rings is 1. The molecule has 1 aliphatic carbocycles. The molecule has 3 rings (SSSR count). The van der Waals surface area contributed by atoms with E-state index in [-0.39, 0.29) is 12.3 Å². The van der Waals surface area contributed by atoms with E-state index in [9.17, 15) is 9.90 Å². The van der Waals surface area contributed by atoms with Crippen molar-refractivity contribution in [1.82, 2.24) is 10.3 Å². The molecule has 2 fully saturated rings. The van der Waals surface area contributed by atoms with Crippen LogP contribution in [0, 0.1) is 0 Å². The van der Waals surface area contributed by atoms with Crippen molar-refractivity contribution in [1.29, 1.82) is 0 Å². The minimum Gasteiger partial charge on any atom is -0.389 e. The lowest BCUT2D eigenvalue weighted by Gasteiger charge is -2.29. The summed E-state index contributed by atoms with van der Waals surface area (Å²) in [5.74, 6) is 0.926. The second-order valence-corrected chi connectivity index (χ2v) is 6.92. The van der Waals surface area contributed by atoms with E-state index in [2.05, 4.69) is 15.2 Å². The summed E-state index contributed by atoms with van der Waals surface area (Å²) in [5.41, 5.74) is 0.274. The van der Waals surface area contributed by atoms with E-state index in [1.165, 1.54) is 19.3 Å². The highest BCUT2D eigenvalue weighted by Gasteiger charge is 2.33. The van der Waals surface area contributed by atoms with Gasteiger partial charge in [0.1, 0.15) is 5.82 Å². The van der Waals surface area contributed by atoms with Crippen molar-refractivity contribution in [2.45, 2.75) is 63.5 Å². The van der Waals surface area contributed by atoms with Crippen LogP contribution in [0.15, 0.2) is 18.3 Å². The third-order valence-electron chi connectivity index (χ3n) is 5.02. The number of nitrogens with one attached hydrogen (secondary N) is 1. The number of anilines is 1. The first kappa shape index (κ1) is 16.2. The van der Waals surface area contributed by atoms with Crippen LogP contribution in [0.25, 0.3) is 0 Å². The Morgan fingerprint density at radius 1 is 1.22 bits per heavy atom. The Bertz CT molecular complexity index is 535. The Labute approximate surface area is 138 Å². The number of rotatable bonds is 5. The summed E-state index contributed by atoms with van der Waals surface area (Å²) >= 11 is 0. The Hall–Kier alpha value is -1.62. The van der Waals surface area contributed by atoms with Crippen LogP contribution in [0.4, 0.5) is 5.82 Å². The zero-order valence-electron chi connectivity index (χ0n) is 13.8. The summed E-state index contributed by atoms with van der Waals surface area (Å²) in [6, 6.07) is 3.95. The molecule has 23 heavy (non-hydrogen) atoms. The Morgan fingerprint density at radius 3 is 2.70 bits per heavy atom. The van der Waals surface area contributed by atoms with E-state index in [0.29, 0.717) is 6.54 Å². The Balaban J connectivity index is 1.58. The summed E-state index contributed by atoms with van der Waals surface area (Å²) in [6.45, 7) is 2.56. The molecule has 1 aromatic rings. The fourth-order valence-electron chi connectivity index (χ4n) is 3.72. The standard InChI is InChI=1S/C18H27N3O2/c22-16(13-18(23)8-2-3-9-18)20-14-15-7-6-10-19-17(15)21-11-4-1-5-12-21/h6-7,10,23H,1-5,8-9,11-14H2,(H,20,22). The fraction of sp³-hybridized carbons (Fsp3) is 0.667. The molecule has 0 bridgehead atoms. The second-order valence-electron chi connectivity index (χ2n) is 6.92. The van der Waals surface area contributed by atoms with Crippen LogP contribution < -0.4 is 10.2 Å². The highest BCUT2D eigenvalue weighted by Crippen LogP contribution is 2.32. The van der Waals surface area contributed by atoms with Crippen LogP contribution in [0.5, 0.6) is 0 Å². The van der Waals surface area contributed by atoms with Gasteiger partial charge in [0.15, 0.2) is 0 Å². The molecule has 126 valence electrons. The number of aromatic nitrogens is 1. The number of amides is 1. The van der Waals surface area contributed by atoms with Gasteiger partial charge < -0.3 is 15.3 Å². The molecule has 1 aliphatic heterocycles. The Morgan fingerprint density at radius 2 is 1.96 bits per heavy atom. The predicted molar refractivity (Wildman–Crippen MR) is 90.2 cm³/mol. The molecule has 1 aromatic heterocycles. The van der Waals surface area contributed by atoms with Crippen LogP contribution in [-0.4, -0.2) is 34.7 Å². The third-order valence-corrected chi connectivity index (χ3v) is 5.02. The highest BCUT2D eigenvalue weighted by atomic mass is 16.3. The van der Waals surface area contributed by atoms with E-state index >= 15 is 0 Å². The van der Waals surface area contributed by atoms with Gasteiger partial charge in [0.2, 0.25) is 5.91 Å². The van der Waals surface area contributed by atoms with Gasteiger partial charge in [-0.3, -0.25) is 4.79 Å². The second kappa shape index (κ2) is 7.30. The van der Waals surface area contributed by atoms with Crippen LogP contribution in [0.2, 0.25) is 0 Å². The van der Waals surface area contributed by atoms with Crippen LogP contribution >= 0.6 is 0 Å². The van der Waals surface area contributed by atoms with E-state index in [1.54, 1.807) is 0 Å². The van der Waals surface area contributed by atoms with Gasteiger partial charge in [0.25, 0.3) is 0 Å². The average Bonchev–Trinajstić information content (AvgIpc) is 3.00. The monoisotopic (exact) mass is 317 g/mol. The molecule has 0 radical (unpaired) electrons. The molecule has 1 saturated carbocycles. The maximum atomic E-state index is 12.2. The van der Waals surface area contributed by atoms with E-state index in [1.807, 2.05) is 18.3 Å². The average molecular weight is 317 g/mol. The summed E-state index contributed by atoms with van der Waals surface area (Å²) in [4.78, 5) is 19.0. The summed E-state index contributed by atoms with van der Waals surface area (Å²) in [5, 5.41) is 13.3. The minimum absolute atomic E-state index is 0.0668.